The topological polar surface area (TPSA) is 76.4 Å². The molecule has 8 heteroatoms. The minimum Gasteiger partial charge on any atom is -0.381 e. The summed E-state index contributed by atoms with van der Waals surface area (Å²) >= 11 is 0. The van der Waals surface area contributed by atoms with Gasteiger partial charge in [-0.25, -0.2) is 0 Å². The van der Waals surface area contributed by atoms with Crippen LogP contribution in [0.5, 0.6) is 0 Å². The number of nitrogens with zero attached hydrogens (tertiary/aromatic N) is 4. The first-order valence-electron chi connectivity index (χ1n) is 10.3. The molecule has 2 heterocycles. The molecule has 0 saturated carbocycles. The Labute approximate surface area is 190 Å². The molecule has 29 heavy (non-hydrogen) atoms. The van der Waals surface area contributed by atoms with Gasteiger partial charge >= 0.3 is 0 Å². The minimum absolute atomic E-state index is 0. The summed E-state index contributed by atoms with van der Waals surface area (Å²) in [5, 5.41) is 14.9. The van der Waals surface area contributed by atoms with Gasteiger partial charge in [0.1, 0.15) is 12.2 Å². The Kier molecular flexibility index (Phi) is 9.86. The lowest BCUT2D eigenvalue weighted by Gasteiger charge is -2.36. The van der Waals surface area contributed by atoms with E-state index in [1.54, 1.807) is 6.33 Å². The molecular formula is C21H33IN6O. The number of aromatic nitrogens is 3. The van der Waals surface area contributed by atoms with Crippen molar-refractivity contribution in [2.75, 3.05) is 32.8 Å². The van der Waals surface area contributed by atoms with E-state index in [2.05, 4.69) is 69.6 Å². The van der Waals surface area contributed by atoms with Gasteiger partial charge < -0.3 is 19.9 Å². The largest absolute Gasteiger partial charge is 0.381 e. The summed E-state index contributed by atoms with van der Waals surface area (Å²) in [4.78, 5) is 4.95. The summed E-state index contributed by atoms with van der Waals surface area (Å²) in [5.41, 5.74) is 1.40. The maximum absolute atomic E-state index is 5.63. The number of ether oxygens (including phenoxy) is 1. The number of aliphatic imine (C=N–C) groups is 1. The van der Waals surface area contributed by atoms with Crippen molar-refractivity contribution < 1.29 is 4.74 Å². The summed E-state index contributed by atoms with van der Waals surface area (Å²) in [6.45, 7) is 8.95. The Morgan fingerprint density at radius 3 is 2.62 bits per heavy atom. The van der Waals surface area contributed by atoms with Crippen LogP contribution < -0.4 is 10.6 Å². The van der Waals surface area contributed by atoms with E-state index in [-0.39, 0.29) is 29.4 Å². The molecule has 7 nitrogen and oxygen atoms in total. The zero-order valence-corrected chi connectivity index (χ0v) is 19.8. The van der Waals surface area contributed by atoms with Crippen molar-refractivity contribution in [2.45, 2.75) is 45.1 Å². The highest BCUT2D eigenvalue weighted by molar-refractivity contribution is 14.0. The summed E-state index contributed by atoms with van der Waals surface area (Å²) in [6.07, 6.45) is 4.67. The van der Waals surface area contributed by atoms with Gasteiger partial charge in [0.15, 0.2) is 5.96 Å². The average molecular weight is 512 g/mol. The van der Waals surface area contributed by atoms with Crippen LogP contribution in [0, 0.1) is 0 Å². The third kappa shape index (κ3) is 6.40. The van der Waals surface area contributed by atoms with Crippen LogP contribution in [-0.4, -0.2) is 53.6 Å². The number of benzene rings is 1. The Bertz CT molecular complexity index is 743. The molecule has 2 N–H and O–H groups in total. The van der Waals surface area contributed by atoms with Crippen LogP contribution >= 0.6 is 24.0 Å². The summed E-state index contributed by atoms with van der Waals surface area (Å²) in [7, 11) is 0. The number of aryl methyl sites for hydroxylation is 1. The second-order valence-corrected chi connectivity index (χ2v) is 7.17. The number of hydrogen-bond donors (Lipinski definition) is 2. The van der Waals surface area contributed by atoms with Gasteiger partial charge in [0, 0.05) is 44.7 Å². The maximum Gasteiger partial charge on any atom is 0.191 e. The third-order valence-electron chi connectivity index (χ3n) is 5.38. The van der Waals surface area contributed by atoms with Crippen molar-refractivity contribution in [1.82, 2.24) is 25.4 Å². The van der Waals surface area contributed by atoms with Crippen molar-refractivity contribution >= 4 is 29.9 Å². The molecule has 0 unspecified atom stereocenters. The van der Waals surface area contributed by atoms with Gasteiger partial charge in [-0.1, -0.05) is 37.3 Å². The Balaban J connectivity index is 0.00000300. The molecule has 1 aromatic heterocycles. The highest BCUT2D eigenvalue weighted by Crippen LogP contribution is 2.35. The molecule has 3 rings (SSSR count). The van der Waals surface area contributed by atoms with Gasteiger partial charge in [0.2, 0.25) is 0 Å². The normalized spacial score (nSPS) is 16.1. The number of guanidine groups is 1. The summed E-state index contributed by atoms with van der Waals surface area (Å²) in [5.74, 6) is 1.87. The molecule has 0 aliphatic carbocycles. The Hall–Kier alpha value is -1.68. The SMILES string of the molecule is CCNC(=NCC1(c2ccccc2)CCOCC1)NCCn1cnnc1CC.I. The van der Waals surface area contributed by atoms with Crippen molar-refractivity contribution in [3.05, 3.63) is 48.0 Å². The average Bonchev–Trinajstić information content (AvgIpc) is 3.21. The van der Waals surface area contributed by atoms with E-state index in [0.29, 0.717) is 0 Å². The lowest BCUT2D eigenvalue weighted by atomic mass is 9.74. The molecule has 1 aromatic carbocycles. The molecule has 1 saturated heterocycles. The van der Waals surface area contributed by atoms with E-state index in [1.165, 1.54) is 5.56 Å². The van der Waals surface area contributed by atoms with Crippen molar-refractivity contribution in [2.24, 2.45) is 4.99 Å². The molecule has 160 valence electrons. The van der Waals surface area contributed by atoms with Crippen molar-refractivity contribution in [1.29, 1.82) is 0 Å². The third-order valence-corrected chi connectivity index (χ3v) is 5.38. The van der Waals surface area contributed by atoms with Gasteiger partial charge in [-0.3, -0.25) is 4.99 Å². The molecule has 2 aromatic rings. The van der Waals surface area contributed by atoms with Crippen LogP contribution in [0.25, 0.3) is 0 Å². The predicted octanol–water partition coefficient (Wildman–Crippen LogP) is 2.76. The first-order chi connectivity index (χ1) is 13.8. The minimum atomic E-state index is 0. The van der Waals surface area contributed by atoms with Crippen LogP contribution in [0.1, 0.15) is 38.1 Å². The zero-order valence-electron chi connectivity index (χ0n) is 17.4. The number of rotatable bonds is 8. The lowest BCUT2D eigenvalue weighted by Crippen LogP contribution is -2.42. The van der Waals surface area contributed by atoms with Crippen LogP contribution in [-0.2, 0) is 23.1 Å². The summed E-state index contributed by atoms with van der Waals surface area (Å²) < 4.78 is 7.72. The predicted molar refractivity (Wildman–Crippen MR) is 127 cm³/mol. The molecule has 1 aliphatic heterocycles. The molecular weight excluding hydrogens is 479 g/mol. The molecule has 0 atom stereocenters. The number of halogens is 1. The second-order valence-electron chi connectivity index (χ2n) is 7.17. The summed E-state index contributed by atoms with van der Waals surface area (Å²) in [6, 6.07) is 10.7. The Morgan fingerprint density at radius 2 is 1.93 bits per heavy atom. The monoisotopic (exact) mass is 512 g/mol. The molecule has 0 amide bonds. The van der Waals surface area contributed by atoms with Crippen molar-refractivity contribution in [3.8, 4) is 0 Å². The highest BCUT2D eigenvalue weighted by atomic mass is 127. The fourth-order valence-corrected chi connectivity index (χ4v) is 3.70. The number of hydrogen-bond acceptors (Lipinski definition) is 4. The van der Waals surface area contributed by atoms with Gasteiger partial charge in [0.25, 0.3) is 0 Å². The van der Waals surface area contributed by atoms with Gasteiger partial charge in [0.05, 0.1) is 6.54 Å². The lowest BCUT2D eigenvalue weighted by molar-refractivity contribution is 0.0531. The standard InChI is InChI=1S/C21H32N6O.HI/c1-3-19-26-25-17-27(19)13-12-23-20(22-4-2)24-16-21(10-14-28-15-11-21)18-8-6-5-7-9-18;/h5-9,17H,3-4,10-16H2,1-2H3,(H2,22,23,24);1H. The van der Waals surface area contributed by atoms with Crippen molar-refractivity contribution in [3.63, 3.8) is 0 Å². The Morgan fingerprint density at radius 1 is 1.17 bits per heavy atom. The smallest absolute Gasteiger partial charge is 0.191 e. The van der Waals surface area contributed by atoms with Gasteiger partial charge in [-0.15, -0.1) is 34.2 Å². The molecule has 0 spiro atoms. The molecule has 1 fully saturated rings. The fourth-order valence-electron chi connectivity index (χ4n) is 3.70. The van der Waals surface area contributed by atoms with E-state index in [1.807, 2.05) is 0 Å². The number of nitrogens with one attached hydrogen (secondary N) is 2. The molecule has 0 bridgehead atoms. The first-order valence-corrected chi connectivity index (χ1v) is 10.3. The highest BCUT2D eigenvalue weighted by Gasteiger charge is 2.34. The van der Waals surface area contributed by atoms with E-state index >= 15 is 0 Å². The van der Waals surface area contributed by atoms with Crippen LogP contribution in [0.15, 0.2) is 41.7 Å². The van der Waals surface area contributed by atoms with Crippen LogP contribution in [0.4, 0.5) is 0 Å². The van der Waals surface area contributed by atoms with E-state index < -0.39 is 0 Å². The van der Waals surface area contributed by atoms with Gasteiger partial charge in [-0.2, -0.15) is 0 Å². The second kappa shape index (κ2) is 12.1. The first kappa shape index (κ1) is 23.6. The van der Waals surface area contributed by atoms with E-state index in [4.69, 9.17) is 9.73 Å². The van der Waals surface area contributed by atoms with Crippen LogP contribution in [0.3, 0.4) is 0 Å². The fraction of sp³-hybridized carbons (Fsp3) is 0.571. The zero-order chi connectivity index (χ0) is 19.7. The van der Waals surface area contributed by atoms with Gasteiger partial charge in [-0.05, 0) is 25.3 Å². The quantitative estimate of drug-likeness (QED) is 0.323. The maximum atomic E-state index is 5.63. The van der Waals surface area contributed by atoms with E-state index in [9.17, 15) is 0 Å². The van der Waals surface area contributed by atoms with E-state index in [0.717, 1.165) is 70.4 Å². The molecule has 0 radical (unpaired) electrons. The van der Waals surface area contributed by atoms with Crippen LogP contribution in [0.2, 0.25) is 0 Å². The molecule has 1 aliphatic rings.